The predicted octanol–water partition coefficient (Wildman–Crippen LogP) is 2.38. The first-order valence-electron chi connectivity index (χ1n) is 6.11. The molecule has 2 rings (SSSR count). The van der Waals surface area contributed by atoms with Crippen molar-refractivity contribution >= 4 is 0 Å². The Balaban J connectivity index is 1.81. The van der Waals surface area contributed by atoms with E-state index in [-0.39, 0.29) is 0 Å². The number of aryl methyl sites for hydroxylation is 1. The highest BCUT2D eigenvalue weighted by Crippen LogP contribution is 2.27. The Hall–Kier alpha value is -0.830. The molecule has 1 aliphatic rings. The topological polar surface area (TPSA) is 54.7 Å². The molecule has 1 fully saturated rings. The lowest BCUT2D eigenvalue weighted by molar-refractivity contribution is 0.338. The number of aromatic amines is 1. The van der Waals surface area contributed by atoms with Crippen molar-refractivity contribution in [2.75, 3.05) is 0 Å². The molecule has 0 aliphatic heterocycles. The van der Waals surface area contributed by atoms with Gasteiger partial charge in [0.2, 0.25) is 0 Å². The van der Waals surface area contributed by atoms with Crippen LogP contribution < -0.4 is 5.73 Å². The van der Waals surface area contributed by atoms with Crippen molar-refractivity contribution in [3.05, 3.63) is 17.7 Å². The van der Waals surface area contributed by atoms with Gasteiger partial charge in [0.1, 0.15) is 0 Å². The average molecular weight is 207 g/mol. The molecular formula is C12H21N3. The third kappa shape index (κ3) is 2.81. The summed E-state index contributed by atoms with van der Waals surface area (Å²) in [5.41, 5.74) is 7.93. The standard InChI is InChI=1S/C12H21N3/c13-8-12-11(14-9-15-12)7-6-10-4-2-1-3-5-10/h9-10H,1-8,13H2,(H,14,15). The zero-order valence-corrected chi connectivity index (χ0v) is 9.34. The van der Waals surface area contributed by atoms with E-state index < -0.39 is 0 Å². The van der Waals surface area contributed by atoms with Crippen molar-refractivity contribution < 1.29 is 0 Å². The monoisotopic (exact) mass is 207 g/mol. The first-order valence-corrected chi connectivity index (χ1v) is 6.11. The minimum absolute atomic E-state index is 0.583. The first-order chi connectivity index (χ1) is 7.40. The maximum absolute atomic E-state index is 5.63. The van der Waals surface area contributed by atoms with Crippen LogP contribution in [0.4, 0.5) is 0 Å². The fraction of sp³-hybridized carbons (Fsp3) is 0.750. The molecule has 3 heteroatoms. The van der Waals surface area contributed by atoms with Crippen LogP contribution in [0.3, 0.4) is 0 Å². The molecule has 0 saturated heterocycles. The van der Waals surface area contributed by atoms with Crippen LogP contribution in [0, 0.1) is 5.92 Å². The Morgan fingerprint density at radius 1 is 1.33 bits per heavy atom. The summed E-state index contributed by atoms with van der Waals surface area (Å²) >= 11 is 0. The van der Waals surface area contributed by atoms with Crippen LogP contribution in [0.1, 0.15) is 49.9 Å². The van der Waals surface area contributed by atoms with Crippen LogP contribution in [0.25, 0.3) is 0 Å². The normalized spacial score (nSPS) is 18.2. The molecule has 1 aromatic rings. The number of hydrogen-bond acceptors (Lipinski definition) is 2. The SMILES string of the molecule is NCc1[nH]cnc1CCC1CCCCC1. The fourth-order valence-electron chi connectivity index (χ4n) is 2.56. The van der Waals surface area contributed by atoms with Crippen molar-refractivity contribution in [2.45, 2.75) is 51.5 Å². The summed E-state index contributed by atoms with van der Waals surface area (Å²) in [6.07, 6.45) is 11.3. The summed E-state index contributed by atoms with van der Waals surface area (Å²) in [6, 6.07) is 0. The number of H-pyrrole nitrogens is 1. The van der Waals surface area contributed by atoms with Crippen LogP contribution in [0.2, 0.25) is 0 Å². The minimum Gasteiger partial charge on any atom is -0.347 e. The Labute approximate surface area is 91.5 Å². The van der Waals surface area contributed by atoms with Crippen LogP contribution in [0.5, 0.6) is 0 Å². The van der Waals surface area contributed by atoms with Gasteiger partial charge in [-0.3, -0.25) is 0 Å². The molecule has 0 unspecified atom stereocenters. The Kier molecular flexibility index (Phi) is 3.78. The number of nitrogens with one attached hydrogen (secondary N) is 1. The molecule has 0 aromatic carbocycles. The number of nitrogens with zero attached hydrogens (tertiary/aromatic N) is 1. The highest BCUT2D eigenvalue weighted by Gasteiger charge is 2.14. The van der Waals surface area contributed by atoms with Crippen molar-refractivity contribution in [1.82, 2.24) is 9.97 Å². The lowest BCUT2D eigenvalue weighted by Gasteiger charge is -2.20. The van der Waals surface area contributed by atoms with Gasteiger partial charge in [-0.25, -0.2) is 4.98 Å². The molecule has 0 atom stereocenters. The van der Waals surface area contributed by atoms with Gasteiger partial charge in [-0.15, -0.1) is 0 Å². The van der Waals surface area contributed by atoms with Crippen LogP contribution in [0.15, 0.2) is 6.33 Å². The molecule has 84 valence electrons. The Morgan fingerprint density at radius 3 is 2.87 bits per heavy atom. The van der Waals surface area contributed by atoms with Gasteiger partial charge < -0.3 is 10.7 Å². The van der Waals surface area contributed by atoms with E-state index in [4.69, 9.17) is 5.73 Å². The molecule has 1 heterocycles. The number of nitrogens with two attached hydrogens (primary N) is 1. The smallest absolute Gasteiger partial charge is 0.0925 e. The summed E-state index contributed by atoms with van der Waals surface area (Å²) in [5.74, 6) is 0.932. The molecule has 0 bridgehead atoms. The minimum atomic E-state index is 0.583. The average Bonchev–Trinajstić information content (AvgIpc) is 2.75. The van der Waals surface area contributed by atoms with Gasteiger partial charge in [0.25, 0.3) is 0 Å². The third-order valence-electron chi connectivity index (χ3n) is 3.53. The summed E-state index contributed by atoms with van der Waals surface area (Å²) in [5, 5.41) is 0. The summed E-state index contributed by atoms with van der Waals surface area (Å²) in [6.45, 7) is 0.583. The van der Waals surface area contributed by atoms with Gasteiger partial charge in [0.05, 0.1) is 17.7 Å². The van der Waals surface area contributed by atoms with E-state index in [9.17, 15) is 0 Å². The fourth-order valence-corrected chi connectivity index (χ4v) is 2.56. The van der Waals surface area contributed by atoms with Crippen LogP contribution in [-0.2, 0) is 13.0 Å². The van der Waals surface area contributed by atoms with E-state index in [1.807, 2.05) is 0 Å². The van der Waals surface area contributed by atoms with Gasteiger partial charge in [-0.2, -0.15) is 0 Å². The molecule has 1 saturated carbocycles. The lowest BCUT2D eigenvalue weighted by atomic mass is 9.86. The second kappa shape index (κ2) is 5.31. The van der Waals surface area contributed by atoms with E-state index in [0.717, 1.165) is 18.0 Å². The number of imidazole rings is 1. The molecule has 0 spiro atoms. The Morgan fingerprint density at radius 2 is 2.13 bits per heavy atom. The van der Waals surface area contributed by atoms with Gasteiger partial charge in [-0.05, 0) is 18.8 Å². The van der Waals surface area contributed by atoms with Crippen molar-refractivity contribution in [3.8, 4) is 0 Å². The summed E-state index contributed by atoms with van der Waals surface area (Å²) < 4.78 is 0. The maximum atomic E-state index is 5.63. The van der Waals surface area contributed by atoms with Crippen LogP contribution >= 0.6 is 0 Å². The van der Waals surface area contributed by atoms with Crippen molar-refractivity contribution in [3.63, 3.8) is 0 Å². The van der Waals surface area contributed by atoms with Gasteiger partial charge in [0, 0.05) is 6.54 Å². The van der Waals surface area contributed by atoms with Crippen molar-refractivity contribution in [2.24, 2.45) is 11.7 Å². The second-order valence-electron chi connectivity index (χ2n) is 4.57. The number of rotatable bonds is 4. The van der Waals surface area contributed by atoms with Gasteiger partial charge in [-0.1, -0.05) is 32.1 Å². The van der Waals surface area contributed by atoms with Crippen LogP contribution in [-0.4, -0.2) is 9.97 Å². The largest absolute Gasteiger partial charge is 0.347 e. The predicted molar refractivity (Wildman–Crippen MR) is 61.4 cm³/mol. The molecular weight excluding hydrogens is 186 g/mol. The quantitative estimate of drug-likeness (QED) is 0.796. The summed E-state index contributed by atoms with van der Waals surface area (Å²) in [7, 11) is 0. The molecule has 15 heavy (non-hydrogen) atoms. The zero-order chi connectivity index (χ0) is 10.5. The zero-order valence-electron chi connectivity index (χ0n) is 9.34. The number of hydrogen-bond donors (Lipinski definition) is 2. The van der Waals surface area contributed by atoms with E-state index in [1.54, 1.807) is 6.33 Å². The maximum Gasteiger partial charge on any atom is 0.0925 e. The second-order valence-corrected chi connectivity index (χ2v) is 4.57. The molecule has 1 aromatic heterocycles. The Bertz CT molecular complexity index is 287. The molecule has 3 N–H and O–H groups in total. The molecule has 0 radical (unpaired) electrons. The molecule has 0 amide bonds. The van der Waals surface area contributed by atoms with Gasteiger partial charge in [0.15, 0.2) is 0 Å². The first kappa shape index (κ1) is 10.7. The highest BCUT2D eigenvalue weighted by molar-refractivity contribution is 5.10. The van der Waals surface area contributed by atoms with E-state index in [0.29, 0.717) is 6.54 Å². The van der Waals surface area contributed by atoms with Crippen molar-refractivity contribution in [1.29, 1.82) is 0 Å². The number of aromatic nitrogens is 2. The van der Waals surface area contributed by atoms with E-state index >= 15 is 0 Å². The van der Waals surface area contributed by atoms with Gasteiger partial charge >= 0.3 is 0 Å². The third-order valence-corrected chi connectivity index (χ3v) is 3.53. The van der Waals surface area contributed by atoms with E-state index in [1.165, 1.54) is 44.2 Å². The highest BCUT2D eigenvalue weighted by atomic mass is 14.9. The van der Waals surface area contributed by atoms with E-state index in [2.05, 4.69) is 9.97 Å². The molecule has 1 aliphatic carbocycles. The lowest BCUT2D eigenvalue weighted by Crippen LogP contribution is -2.09. The molecule has 3 nitrogen and oxygen atoms in total. The summed E-state index contributed by atoms with van der Waals surface area (Å²) in [4.78, 5) is 7.44.